The van der Waals surface area contributed by atoms with E-state index in [0.29, 0.717) is 23.2 Å². The van der Waals surface area contributed by atoms with Gasteiger partial charge in [-0.3, -0.25) is 4.79 Å². The molecule has 1 aromatic heterocycles. The van der Waals surface area contributed by atoms with E-state index in [1.54, 1.807) is 32.9 Å². The quantitative estimate of drug-likeness (QED) is 0.418. The molecule has 2 aromatic rings. The van der Waals surface area contributed by atoms with Gasteiger partial charge in [0, 0.05) is 24.3 Å². The van der Waals surface area contributed by atoms with Crippen molar-refractivity contribution in [3.8, 4) is 0 Å². The maximum Gasteiger partial charge on any atom is 0.278 e. The highest BCUT2D eigenvalue weighted by atomic mass is 32.2. The normalized spacial score (nSPS) is 15.6. The van der Waals surface area contributed by atoms with Crippen LogP contribution in [-0.4, -0.2) is 60.2 Å². The average Bonchev–Trinajstić information content (AvgIpc) is 2.78. The summed E-state index contributed by atoms with van der Waals surface area (Å²) < 4.78 is 28.1. The molecule has 36 heavy (non-hydrogen) atoms. The summed E-state index contributed by atoms with van der Waals surface area (Å²) in [6.45, 7) is 12.6. The molecule has 1 amide bonds. The molecule has 1 saturated heterocycles. The zero-order valence-corrected chi connectivity index (χ0v) is 22.7. The zero-order valence-electron chi connectivity index (χ0n) is 21.9. The van der Waals surface area contributed by atoms with Crippen molar-refractivity contribution < 1.29 is 18.3 Å². The van der Waals surface area contributed by atoms with Crippen LogP contribution in [0, 0.1) is 5.92 Å². The van der Waals surface area contributed by atoms with E-state index < -0.39 is 27.0 Å². The second-order valence-corrected chi connectivity index (χ2v) is 12.8. The van der Waals surface area contributed by atoms with E-state index in [-0.39, 0.29) is 17.2 Å². The van der Waals surface area contributed by atoms with Crippen molar-refractivity contribution >= 4 is 33.3 Å². The lowest BCUT2D eigenvalue weighted by Gasteiger charge is -2.32. The number of aliphatic hydroxyl groups is 1. The molecule has 11 heteroatoms. The van der Waals surface area contributed by atoms with Crippen LogP contribution < -0.4 is 20.3 Å². The molecule has 0 radical (unpaired) electrons. The molecule has 2 heterocycles. The van der Waals surface area contributed by atoms with Crippen LogP contribution in [0.15, 0.2) is 35.4 Å². The standard InChI is InChI=1S/C25H38N6O4S/c1-17-10-12-31(13-11-17)22-21(26-15-20(28-22)29-25(5,6)16-32)23(33)27-18-8-7-9-19(14-18)36(34,35)30-24(2,3)4/h7-9,14-15,17,30,32H,10-13,16H2,1-6H3,(H,27,33)(H,28,29). The van der Waals surface area contributed by atoms with Gasteiger partial charge in [0.25, 0.3) is 5.91 Å². The largest absolute Gasteiger partial charge is 0.394 e. The Bertz CT molecular complexity index is 1190. The topological polar surface area (TPSA) is 137 Å². The van der Waals surface area contributed by atoms with Gasteiger partial charge >= 0.3 is 0 Å². The van der Waals surface area contributed by atoms with Crippen molar-refractivity contribution in [3.05, 3.63) is 36.2 Å². The van der Waals surface area contributed by atoms with Crippen molar-refractivity contribution in [2.75, 3.05) is 35.2 Å². The third kappa shape index (κ3) is 7.37. The molecule has 0 spiro atoms. The highest BCUT2D eigenvalue weighted by Gasteiger charge is 2.27. The molecule has 10 nitrogen and oxygen atoms in total. The summed E-state index contributed by atoms with van der Waals surface area (Å²) in [6.07, 6.45) is 3.42. The van der Waals surface area contributed by atoms with E-state index >= 15 is 0 Å². The number of carbonyl (C=O) groups excluding carboxylic acids is 1. The number of nitrogens with one attached hydrogen (secondary N) is 3. The number of carbonyl (C=O) groups is 1. The molecule has 0 unspecified atom stereocenters. The van der Waals surface area contributed by atoms with Gasteiger partial charge in [-0.25, -0.2) is 23.1 Å². The Kier molecular flexibility index (Phi) is 8.27. The molecule has 4 N–H and O–H groups in total. The van der Waals surface area contributed by atoms with Crippen LogP contribution in [0.25, 0.3) is 0 Å². The fourth-order valence-electron chi connectivity index (χ4n) is 3.82. The molecular formula is C25H38N6O4S. The van der Waals surface area contributed by atoms with Crippen LogP contribution in [-0.2, 0) is 10.0 Å². The van der Waals surface area contributed by atoms with Crippen LogP contribution in [0.3, 0.4) is 0 Å². The smallest absolute Gasteiger partial charge is 0.278 e. The zero-order chi connectivity index (χ0) is 26.7. The van der Waals surface area contributed by atoms with Gasteiger partial charge < -0.3 is 20.6 Å². The Balaban J connectivity index is 1.90. The van der Waals surface area contributed by atoms with Gasteiger partial charge in [-0.2, -0.15) is 0 Å². The van der Waals surface area contributed by atoms with Gasteiger partial charge in [0.15, 0.2) is 11.5 Å². The Morgan fingerprint density at radius 3 is 2.44 bits per heavy atom. The molecule has 0 aliphatic carbocycles. The Hall–Kier alpha value is -2.76. The Morgan fingerprint density at radius 1 is 1.17 bits per heavy atom. The van der Waals surface area contributed by atoms with Gasteiger partial charge in [0.05, 0.1) is 23.2 Å². The van der Waals surface area contributed by atoms with Gasteiger partial charge in [-0.1, -0.05) is 13.0 Å². The highest BCUT2D eigenvalue weighted by molar-refractivity contribution is 7.89. The van der Waals surface area contributed by atoms with Gasteiger partial charge in [0.1, 0.15) is 5.82 Å². The fraction of sp³-hybridized carbons (Fsp3) is 0.560. The first-order chi connectivity index (χ1) is 16.7. The molecule has 0 atom stereocenters. The number of benzene rings is 1. The third-order valence-corrected chi connectivity index (χ3v) is 7.51. The van der Waals surface area contributed by atoms with E-state index in [4.69, 9.17) is 0 Å². The summed E-state index contributed by atoms with van der Waals surface area (Å²) in [7, 11) is -3.76. The molecule has 1 aliphatic rings. The Labute approximate surface area is 214 Å². The maximum atomic E-state index is 13.3. The molecule has 0 bridgehead atoms. The number of aliphatic hydroxyl groups excluding tert-OH is 1. The van der Waals surface area contributed by atoms with Crippen LogP contribution in [0.2, 0.25) is 0 Å². The number of piperidine rings is 1. The molecule has 1 aliphatic heterocycles. The molecule has 0 saturated carbocycles. The first kappa shape index (κ1) is 27.8. The van der Waals surface area contributed by atoms with Crippen molar-refractivity contribution in [2.24, 2.45) is 5.92 Å². The number of hydrogen-bond acceptors (Lipinski definition) is 8. The highest BCUT2D eigenvalue weighted by Crippen LogP contribution is 2.27. The number of rotatable bonds is 8. The SMILES string of the molecule is CC1CCN(c2nc(NC(C)(C)CO)cnc2C(=O)Nc2cccc(S(=O)(=O)NC(C)(C)C)c2)CC1. The van der Waals surface area contributed by atoms with Crippen molar-refractivity contribution in [1.29, 1.82) is 0 Å². The summed E-state index contributed by atoms with van der Waals surface area (Å²) in [5, 5.41) is 15.6. The molecule has 1 fully saturated rings. The maximum absolute atomic E-state index is 13.3. The van der Waals surface area contributed by atoms with Gasteiger partial charge in [-0.05, 0) is 71.6 Å². The van der Waals surface area contributed by atoms with Crippen molar-refractivity contribution in [3.63, 3.8) is 0 Å². The van der Waals surface area contributed by atoms with Crippen LogP contribution in [0.5, 0.6) is 0 Å². The summed E-state index contributed by atoms with van der Waals surface area (Å²) in [5.41, 5.74) is -0.771. The van der Waals surface area contributed by atoms with E-state index in [0.717, 1.165) is 25.9 Å². The summed E-state index contributed by atoms with van der Waals surface area (Å²) >= 11 is 0. The monoisotopic (exact) mass is 518 g/mol. The third-order valence-electron chi connectivity index (χ3n) is 5.76. The lowest BCUT2D eigenvalue weighted by atomic mass is 9.99. The molecule has 198 valence electrons. The van der Waals surface area contributed by atoms with E-state index in [1.165, 1.54) is 18.3 Å². The van der Waals surface area contributed by atoms with Gasteiger partial charge in [0.2, 0.25) is 10.0 Å². The van der Waals surface area contributed by atoms with E-state index in [9.17, 15) is 18.3 Å². The summed E-state index contributed by atoms with van der Waals surface area (Å²) in [4.78, 5) is 24.5. The average molecular weight is 519 g/mol. The number of amides is 1. The minimum absolute atomic E-state index is 0.0531. The number of hydrogen-bond donors (Lipinski definition) is 4. The Morgan fingerprint density at radius 2 is 1.83 bits per heavy atom. The lowest BCUT2D eigenvalue weighted by molar-refractivity contribution is 0.102. The second-order valence-electron chi connectivity index (χ2n) is 11.1. The summed E-state index contributed by atoms with van der Waals surface area (Å²) in [6, 6.07) is 6.10. The van der Waals surface area contributed by atoms with E-state index in [1.807, 2.05) is 18.7 Å². The molecular weight excluding hydrogens is 480 g/mol. The molecule has 1 aromatic carbocycles. The first-order valence-corrected chi connectivity index (χ1v) is 13.6. The predicted octanol–water partition coefficient (Wildman–Crippen LogP) is 3.22. The van der Waals surface area contributed by atoms with Crippen LogP contribution in [0.1, 0.15) is 64.9 Å². The summed E-state index contributed by atoms with van der Waals surface area (Å²) in [5.74, 6) is 1.02. The number of anilines is 3. The van der Waals surface area contributed by atoms with Crippen molar-refractivity contribution in [2.45, 2.75) is 70.4 Å². The number of aromatic nitrogens is 2. The first-order valence-electron chi connectivity index (χ1n) is 12.2. The molecule has 3 rings (SSSR count). The fourth-order valence-corrected chi connectivity index (χ4v) is 5.28. The van der Waals surface area contributed by atoms with Gasteiger partial charge in [-0.15, -0.1) is 0 Å². The van der Waals surface area contributed by atoms with Crippen molar-refractivity contribution in [1.82, 2.24) is 14.7 Å². The minimum Gasteiger partial charge on any atom is -0.394 e. The number of sulfonamides is 1. The number of nitrogens with zero attached hydrogens (tertiary/aromatic N) is 3. The van der Waals surface area contributed by atoms with Crippen LogP contribution in [0.4, 0.5) is 17.3 Å². The second kappa shape index (κ2) is 10.7. The van der Waals surface area contributed by atoms with E-state index in [2.05, 4.69) is 32.2 Å². The lowest BCUT2D eigenvalue weighted by Crippen LogP contribution is -2.40. The predicted molar refractivity (Wildman–Crippen MR) is 142 cm³/mol. The van der Waals surface area contributed by atoms with Crippen LogP contribution >= 0.6 is 0 Å². The minimum atomic E-state index is -3.76.